The molecule has 2 aromatic heterocycles. The summed E-state index contributed by atoms with van der Waals surface area (Å²) in [5, 5.41) is 27.4. The smallest absolute Gasteiger partial charge is 0.312 e. The Balaban J connectivity index is 1.42. The first-order valence-electron chi connectivity index (χ1n) is 12.4. The van der Waals surface area contributed by atoms with Gasteiger partial charge < -0.3 is 19.8 Å². The summed E-state index contributed by atoms with van der Waals surface area (Å²) in [6.45, 7) is 2.89. The average molecular weight is 486 g/mol. The highest BCUT2D eigenvalue weighted by molar-refractivity contribution is 5.92. The van der Waals surface area contributed by atoms with Crippen LogP contribution in [0.2, 0.25) is 0 Å². The molecule has 0 bridgehead atoms. The zero-order valence-electron chi connectivity index (χ0n) is 20.0. The first-order valence-corrected chi connectivity index (χ1v) is 12.4. The summed E-state index contributed by atoms with van der Waals surface area (Å²) < 4.78 is 5.55. The summed E-state index contributed by atoms with van der Waals surface area (Å²) in [7, 11) is 0. The number of esters is 1. The number of carbonyl (C=O) groups excluding carboxylic acids is 2. The molecule has 1 amide bonds. The molecule has 0 aliphatic carbocycles. The third-order valence-electron chi connectivity index (χ3n) is 7.28. The van der Waals surface area contributed by atoms with Crippen LogP contribution in [0.4, 0.5) is 0 Å². The van der Waals surface area contributed by atoms with Crippen molar-refractivity contribution in [1.82, 2.24) is 25.0 Å². The first kappa shape index (κ1) is 25.3. The SMILES string of the molecule is O=C(c1ccn[nH]1)N1CCCCC2(CCN(Cc3ccncc3)CC2)C(=O)OC[C@@H](O)[C@@H](O)CC1. The molecule has 1 spiro atoms. The van der Waals surface area contributed by atoms with Crippen molar-refractivity contribution in [3.05, 3.63) is 48.0 Å². The van der Waals surface area contributed by atoms with E-state index in [9.17, 15) is 19.8 Å². The molecule has 0 saturated carbocycles. The second-order valence-electron chi connectivity index (χ2n) is 9.65. The molecule has 2 aliphatic rings. The fourth-order valence-corrected chi connectivity index (χ4v) is 4.97. The molecular formula is C25H35N5O5. The van der Waals surface area contributed by atoms with E-state index in [4.69, 9.17) is 4.74 Å². The normalized spacial score (nSPS) is 24.7. The van der Waals surface area contributed by atoms with Crippen LogP contribution in [0.15, 0.2) is 36.8 Å². The van der Waals surface area contributed by atoms with Gasteiger partial charge in [0.1, 0.15) is 18.4 Å². The van der Waals surface area contributed by atoms with Gasteiger partial charge in [-0.2, -0.15) is 5.10 Å². The largest absolute Gasteiger partial charge is 0.462 e. The highest BCUT2D eigenvalue weighted by Crippen LogP contribution is 2.38. The van der Waals surface area contributed by atoms with E-state index >= 15 is 0 Å². The van der Waals surface area contributed by atoms with Crippen molar-refractivity contribution in [1.29, 1.82) is 0 Å². The van der Waals surface area contributed by atoms with E-state index in [1.165, 1.54) is 11.8 Å². The van der Waals surface area contributed by atoms with Crippen molar-refractivity contribution in [3.63, 3.8) is 0 Å². The fraction of sp³-hybridized carbons (Fsp3) is 0.600. The summed E-state index contributed by atoms with van der Waals surface area (Å²) in [5.74, 6) is -0.484. The minimum absolute atomic E-state index is 0.188. The number of aromatic nitrogens is 3. The second kappa shape index (κ2) is 11.7. The number of rotatable bonds is 3. The second-order valence-corrected chi connectivity index (χ2v) is 9.65. The molecule has 0 unspecified atom stereocenters. The fourth-order valence-electron chi connectivity index (χ4n) is 4.97. The lowest BCUT2D eigenvalue weighted by molar-refractivity contribution is -0.165. The number of amides is 1. The van der Waals surface area contributed by atoms with Gasteiger partial charge in [0.25, 0.3) is 5.91 Å². The average Bonchev–Trinajstić information content (AvgIpc) is 3.42. The predicted octanol–water partition coefficient (Wildman–Crippen LogP) is 1.37. The van der Waals surface area contributed by atoms with Gasteiger partial charge in [-0.25, -0.2) is 0 Å². The van der Waals surface area contributed by atoms with Crippen molar-refractivity contribution < 1.29 is 24.5 Å². The molecule has 10 heteroatoms. The molecule has 35 heavy (non-hydrogen) atoms. The number of ether oxygens (including phenoxy) is 1. The molecule has 10 nitrogen and oxygen atoms in total. The van der Waals surface area contributed by atoms with E-state index in [-0.39, 0.29) is 24.9 Å². The Hall–Kier alpha value is -2.82. The van der Waals surface area contributed by atoms with Gasteiger partial charge in [-0.05, 0) is 69.0 Å². The molecule has 190 valence electrons. The summed E-state index contributed by atoms with van der Waals surface area (Å²) in [6.07, 6.45) is 6.51. The highest BCUT2D eigenvalue weighted by Gasteiger charge is 2.42. The van der Waals surface area contributed by atoms with Gasteiger partial charge >= 0.3 is 5.97 Å². The molecule has 0 radical (unpaired) electrons. The van der Waals surface area contributed by atoms with Crippen molar-refractivity contribution in [2.24, 2.45) is 5.41 Å². The van der Waals surface area contributed by atoms with Gasteiger partial charge in [0.15, 0.2) is 0 Å². The first-order chi connectivity index (χ1) is 17.0. The van der Waals surface area contributed by atoms with E-state index in [1.54, 1.807) is 23.4 Å². The summed E-state index contributed by atoms with van der Waals surface area (Å²) in [6, 6.07) is 5.62. The number of nitrogens with one attached hydrogen (secondary N) is 1. The van der Waals surface area contributed by atoms with Crippen LogP contribution in [-0.4, -0.2) is 92.1 Å². The minimum atomic E-state index is -1.20. The van der Waals surface area contributed by atoms with Crippen LogP contribution in [-0.2, 0) is 16.1 Å². The molecule has 0 aromatic carbocycles. The molecule has 4 heterocycles. The van der Waals surface area contributed by atoms with E-state index < -0.39 is 17.6 Å². The number of cyclic esters (lactones) is 1. The number of likely N-dealkylation sites (tertiary alicyclic amines) is 1. The number of carbonyl (C=O) groups is 2. The van der Waals surface area contributed by atoms with Gasteiger partial charge in [-0.15, -0.1) is 0 Å². The lowest BCUT2D eigenvalue weighted by atomic mass is 9.74. The third kappa shape index (κ3) is 6.45. The molecule has 2 aliphatic heterocycles. The Morgan fingerprint density at radius 3 is 2.51 bits per heavy atom. The van der Waals surface area contributed by atoms with Gasteiger partial charge in [0.2, 0.25) is 0 Å². The predicted molar refractivity (Wildman–Crippen MR) is 127 cm³/mol. The molecule has 4 rings (SSSR count). The van der Waals surface area contributed by atoms with Gasteiger partial charge in [0, 0.05) is 38.2 Å². The van der Waals surface area contributed by atoms with E-state index in [1.807, 2.05) is 12.1 Å². The van der Waals surface area contributed by atoms with Crippen LogP contribution >= 0.6 is 0 Å². The Kier molecular flexibility index (Phi) is 8.48. The Bertz CT molecular complexity index is 946. The maximum absolute atomic E-state index is 13.2. The summed E-state index contributed by atoms with van der Waals surface area (Å²) >= 11 is 0. The maximum Gasteiger partial charge on any atom is 0.312 e. The summed E-state index contributed by atoms with van der Waals surface area (Å²) in [5.41, 5.74) is 0.958. The van der Waals surface area contributed by atoms with Gasteiger partial charge in [0.05, 0.1) is 11.5 Å². The topological polar surface area (TPSA) is 132 Å². The molecule has 2 atom stereocenters. The molecule has 2 fully saturated rings. The van der Waals surface area contributed by atoms with Crippen LogP contribution in [0.25, 0.3) is 0 Å². The summed E-state index contributed by atoms with van der Waals surface area (Å²) in [4.78, 5) is 34.2. The van der Waals surface area contributed by atoms with Crippen molar-refractivity contribution in [2.45, 2.75) is 57.3 Å². The van der Waals surface area contributed by atoms with E-state index in [0.29, 0.717) is 38.0 Å². The van der Waals surface area contributed by atoms with Crippen molar-refractivity contribution >= 4 is 11.9 Å². The number of pyridine rings is 1. The quantitative estimate of drug-likeness (QED) is 0.556. The van der Waals surface area contributed by atoms with Crippen molar-refractivity contribution in [3.8, 4) is 0 Å². The van der Waals surface area contributed by atoms with Crippen LogP contribution < -0.4 is 0 Å². The molecule has 2 aromatic rings. The number of aliphatic hydroxyl groups is 2. The number of hydrogen-bond acceptors (Lipinski definition) is 8. The Morgan fingerprint density at radius 2 is 1.80 bits per heavy atom. The van der Waals surface area contributed by atoms with Gasteiger partial charge in [-0.3, -0.25) is 24.6 Å². The monoisotopic (exact) mass is 485 g/mol. The number of nitrogens with zero attached hydrogens (tertiary/aromatic N) is 4. The van der Waals surface area contributed by atoms with Crippen LogP contribution in [0, 0.1) is 5.41 Å². The van der Waals surface area contributed by atoms with E-state index in [0.717, 1.165) is 32.5 Å². The lowest BCUT2D eigenvalue weighted by Gasteiger charge is -2.40. The molecule has 2 saturated heterocycles. The Labute approximate surface area is 205 Å². The zero-order chi connectivity index (χ0) is 24.7. The zero-order valence-corrected chi connectivity index (χ0v) is 20.0. The highest BCUT2D eigenvalue weighted by atomic mass is 16.5. The van der Waals surface area contributed by atoms with Crippen LogP contribution in [0.5, 0.6) is 0 Å². The van der Waals surface area contributed by atoms with Crippen LogP contribution in [0.1, 0.15) is 54.6 Å². The number of hydrogen-bond donors (Lipinski definition) is 3. The van der Waals surface area contributed by atoms with Crippen LogP contribution in [0.3, 0.4) is 0 Å². The van der Waals surface area contributed by atoms with E-state index in [2.05, 4.69) is 20.1 Å². The Morgan fingerprint density at radius 1 is 1.03 bits per heavy atom. The number of H-pyrrole nitrogens is 1. The molecule has 3 N–H and O–H groups in total. The number of aliphatic hydroxyl groups excluding tert-OH is 2. The lowest BCUT2D eigenvalue weighted by Crippen LogP contribution is -2.45. The van der Waals surface area contributed by atoms with Crippen molar-refractivity contribution in [2.75, 3.05) is 32.8 Å². The number of piperidine rings is 1. The number of aromatic amines is 1. The maximum atomic E-state index is 13.2. The molecular weight excluding hydrogens is 450 g/mol. The third-order valence-corrected chi connectivity index (χ3v) is 7.28. The standard InChI is InChI=1S/C25H35N5O5/c31-21-6-14-30(23(33)20-5-12-27-28-20)13-2-1-7-25(24(34)35-18-22(21)32)8-15-29(16-9-25)17-19-3-10-26-11-4-19/h3-5,10-12,21-22,31-32H,1-2,6-9,13-18H2,(H,27,28)/t21-,22+/m0/s1. The van der Waals surface area contributed by atoms with Gasteiger partial charge in [-0.1, -0.05) is 6.42 Å². The minimum Gasteiger partial charge on any atom is -0.462 e.